The third-order valence-electron chi connectivity index (χ3n) is 4.75. The van der Waals surface area contributed by atoms with Crippen molar-refractivity contribution >= 4 is 38.3 Å². The Morgan fingerprint density at radius 3 is 2.66 bits per heavy atom. The normalized spacial score (nSPS) is 14.2. The molecule has 0 saturated heterocycles. The number of carbonyl (C=O) groups is 1. The monoisotopic (exact) mass is 417 g/mol. The van der Waals surface area contributed by atoms with Crippen molar-refractivity contribution in [3.63, 3.8) is 0 Å². The highest BCUT2D eigenvalue weighted by atomic mass is 32.2. The number of halogens is 1. The lowest BCUT2D eigenvalue weighted by atomic mass is 10.1. The van der Waals surface area contributed by atoms with Crippen molar-refractivity contribution in [1.29, 1.82) is 0 Å². The van der Waals surface area contributed by atoms with Gasteiger partial charge in [-0.3, -0.25) is 14.2 Å². The molecule has 152 valence electrons. The molecule has 3 aromatic rings. The lowest BCUT2D eigenvalue weighted by Crippen LogP contribution is -2.15. The summed E-state index contributed by atoms with van der Waals surface area (Å²) >= 11 is 0. The van der Waals surface area contributed by atoms with E-state index in [1.165, 1.54) is 12.1 Å². The van der Waals surface area contributed by atoms with E-state index in [1.54, 1.807) is 17.8 Å². The summed E-state index contributed by atoms with van der Waals surface area (Å²) in [6, 6.07) is 5.49. The molecule has 10 heteroatoms. The third-order valence-corrected chi connectivity index (χ3v) is 5.34. The van der Waals surface area contributed by atoms with Gasteiger partial charge in [0.05, 0.1) is 28.6 Å². The maximum Gasteiger partial charge on any atom is 0.256 e. The topological polar surface area (TPSA) is 106 Å². The van der Waals surface area contributed by atoms with Crippen molar-refractivity contribution in [2.24, 2.45) is 7.05 Å². The number of benzene rings is 1. The van der Waals surface area contributed by atoms with Gasteiger partial charge in [-0.05, 0) is 44.0 Å². The fourth-order valence-corrected chi connectivity index (χ4v) is 3.87. The maximum atomic E-state index is 13.9. The summed E-state index contributed by atoms with van der Waals surface area (Å²) in [6.45, 7) is 1.81. The number of rotatable bonds is 5. The summed E-state index contributed by atoms with van der Waals surface area (Å²) in [5.41, 5.74) is 2.63. The average Bonchev–Trinajstić information content (AvgIpc) is 3.43. The van der Waals surface area contributed by atoms with E-state index in [1.807, 2.05) is 6.92 Å². The standard InChI is InChI=1S/C19H20FN5O3S/c1-10-17-13(9-15(11-4-5-11)22-18(17)25(2)23-10)19(26)21-12-6-7-14(20)16(8-12)24-29(3,27)28/h6-9,11,24H,4-5H2,1-3H3,(H,21,26). The predicted octanol–water partition coefficient (Wildman–Crippen LogP) is 2.92. The molecule has 8 nitrogen and oxygen atoms in total. The van der Waals surface area contributed by atoms with E-state index in [0.717, 1.165) is 30.9 Å². The number of pyridine rings is 1. The van der Waals surface area contributed by atoms with Crippen LogP contribution < -0.4 is 10.0 Å². The Labute approximate surface area is 167 Å². The van der Waals surface area contributed by atoms with Gasteiger partial charge >= 0.3 is 0 Å². The van der Waals surface area contributed by atoms with Crippen LogP contribution in [0.25, 0.3) is 11.0 Å². The number of hydrogen-bond acceptors (Lipinski definition) is 5. The van der Waals surface area contributed by atoms with E-state index in [2.05, 4.69) is 20.1 Å². The minimum Gasteiger partial charge on any atom is -0.322 e. The van der Waals surface area contributed by atoms with E-state index < -0.39 is 21.7 Å². The van der Waals surface area contributed by atoms with Gasteiger partial charge in [0.25, 0.3) is 5.91 Å². The summed E-state index contributed by atoms with van der Waals surface area (Å²) in [5.74, 6) is -0.788. The van der Waals surface area contributed by atoms with Crippen molar-refractivity contribution in [2.45, 2.75) is 25.7 Å². The van der Waals surface area contributed by atoms with Crippen molar-refractivity contribution in [1.82, 2.24) is 14.8 Å². The number of nitrogens with one attached hydrogen (secondary N) is 2. The molecule has 4 rings (SSSR count). The quantitative estimate of drug-likeness (QED) is 0.664. The Hall–Kier alpha value is -3.01. The van der Waals surface area contributed by atoms with Crippen molar-refractivity contribution in [3.05, 3.63) is 47.0 Å². The second-order valence-electron chi connectivity index (χ2n) is 7.30. The molecule has 1 aliphatic rings. The minimum absolute atomic E-state index is 0.235. The zero-order chi connectivity index (χ0) is 20.9. The first-order chi connectivity index (χ1) is 13.6. The van der Waals surface area contributed by atoms with Crippen LogP contribution in [0.2, 0.25) is 0 Å². The molecular weight excluding hydrogens is 397 g/mol. The largest absolute Gasteiger partial charge is 0.322 e. The molecule has 0 unspecified atom stereocenters. The number of aromatic nitrogens is 3. The molecule has 2 aromatic heterocycles. The zero-order valence-electron chi connectivity index (χ0n) is 16.2. The fraction of sp³-hybridized carbons (Fsp3) is 0.316. The summed E-state index contributed by atoms with van der Waals surface area (Å²) in [6.07, 6.45) is 3.00. The smallest absolute Gasteiger partial charge is 0.256 e. The van der Waals surface area contributed by atoms with E-state index >= 15 is 0 Å². The number of amides is 1. The predicted molar refractivity (Wildman–Crippen MR) is 108 cm³/mol. The molecule has 1 aromatic carbocycles. The highest BCUT2D eigenvalue weighted by Gasteiger charge is 2.28. The number of nitrogens with zero attached hydrogens (tertiary/aromatic N) is 3. The number of carbonyl (C=O) groups excluding carboxylic acids is 1. The van der Waals surface area contributed by atoms with Crippen LogP contribution >= 0.6 is 0 Å². The maximum absolute atomic E-state index is 13.9. The summed E-state index contributed by atoms with van der Waals surface area (Å²) in [7, 11) is -1.88. The van der Waals surface area contributed by atoms with Crippen LogP contribution in [0.4, 0.5) is 15.8 Å². The molecule has 2 N–H and O–H groups in total. The number of anilines is 2. The Bertz CT molecular complexity index is 1250. The average molecular weight is 417 g/mol. The number of hydrogen-bond donors (Lipinski definition) is 2. The van der Waals surface area contributed by atoms with Gasteiger partial charge in [-0.15, -0.1) is 0 Å². The molecule has 0 atom stereocenters. The van der Waals surface area contributed by atoms with Crippen molar-refractivity contribution < 1.29 is 17.6 Å². The first kappa shape index (κ1) is 19.3. The number of fused-ring (bicyclic) bond motifs is 1. The van der Waals surface area contributed by atoms with Crippen LogP contribution in [-0.2, 0) is 17.1 Å². The Balaban J connectivity index is 1.72. The van der Waals surface area contributed by atoms with E-state index in [0.29, 0.717) is 28.2 Å². The van der Waals surface area contributed by atoms with Gasteiger partial charge in [-0.25, -0.2) is 17.8 Å². The van der Waals surface area contributed by atoms with Crippen LogP contribution in [0.5, 0.6) is 0 Å². The molecule has 1 saturated carbocycles. The highest BCUT2D eigenvalue weighted by Crippen LogP contribution is 2.40. The Morgan fingerprint density at radius 1 is 1.28 bits per heavy atom. The van der Waals surface area contributed by atoms with Crippen LogP contribution in [0.3, 0.4) is 0 Å². The SMILES string of the molecule is Cc1nn(C)c2nc(C3CC3)cc(C(=O)Nc3ccc(F)c(NS(C)(=O)=O)c3)c12. The Morgan fingerprint density at radius 2 is 2.00 bits per heavy atom. The molecule has 2 heterocycles. The minimum atomic E-state index is -3.66. The molecule has 1 fully saturated rings. The second-order valence-corrected chi connectivity index (χ2v) is 9.05. The van der Waals surface area contributed by atoms with Gasteiger partial charge in [0.15, 0.2) is 5.65 Å². The van der Waals surface area contributed by atoms with Gasteiger partial charge < -0.3 is 5.32 Å². The number of aryl methyl sites for hydroxylation is 2. The fourth-order valence-electron chi connectivity index (χ4n) is 3.31. The molecule has 1 aliphatic carbocycles. The van der Waals surface area contributed by atoms with Gasteiger partial charge in [0.2, 0.25) is 10.0 Å². The van der Waals surface area contributed by atoms with Crippen LogP contribution in [0.1, 0.15) is 40.5 Å². The summed E-state index contributed by atoms with van der Waals surface area (Å²) < 4.78 is 40.5. The lowest BCUT2D eigenvalue weighted by molar-refractivity contribution is 0.102. The lowest BCUT2D eigenvalue weighted by Gasteiger charge is -2.11. The van der Waals surface area contributed by atoms with Gasteiger partial charge in [-0.1, -0.05) is 0 Å². The molecule has 1 amide bonds. The van der Waals surface area contributed by atoms with Crippen molar-refractivity contribution in [2.75, 3.05) is 16.3 Å². The van der Waals surface area contributed by atoms with Crippen LogP contribution in [0, 0.1) is 12.7 Å². The van der Waals surface area contributed by atoms with E-state index in [-0.39, 0.29) is 11.4 Å². The number of sulfonamides is 1. The van der Waals surface area contributed by atoms with Crippen LogP contribution in [-0.4, -0.2) is 35.3 Å². The van der Waals surface area contributed by atoms with E-state index in [9.17, 15) is 17.6 Å². The first-order valence-corrected chi connectivity index (χ1v) is 10.9. The van der Waals surface area contributed by atoms with Gasteiger partial charge in [-0.2, -0.15) is 5.10 Å². The zero-order valence-corrected chi connectivity index (χ0v) is 17.0. The van der Waals surface area contributed by atoms with Gasteiger partial charge in [0, 0.05) is 24.3 Å². The summed E-state index contributed by atoms with van der Waals surface area (Å²) in [4.78, 5) is 17.7. The molecule has 0 aliphatic heterocycles. The molecular formula is C19H20FN5O3S. The van der Waals surface area contributed by atoms with E-state index in [4.69, 9.17) is 0 Å². The molecule has 0 radical (unpaired) electrons. The highest BCUT2D eigenvalue weighted by molar-refractivity contribution is 7.92. The summed E-state index contributed by atoms with van der Waals surface area (Å²) in [5, 5.41) is 7.75. The molecule has 0 bridgehead atoms. The first-order valence-electron chi connectivity index (χ1n) is 9.05. The second kappa shape index (κ2) is 6.80. The van der Waals surface area contributed by atoms with Crippen molar-refractivity contribution in [3.8, 4) is 0 Å². The third kappa shape index (κ3) is 3.93. The van der Waals surface area contributed by atoms with Gasteiger partial charge in [0.1, 0.15) is 5.82 Å². The molecule has 29 heavy (non-hydrogen) atoms. The Kier molecular flexibility index (Phi) is 4.53. The van der Waals surface area contributed by atoms with Crippen LogP contribution in [0.15, 0.2) is 24.3 Å². The molecule has 0 spiro atoms.